The van der Waals surface area contributed by atoms with E-state index in [0.29, 0.717) is 17.7 Å². The number of hydrogen-bond donors (Lipinski definition) is 1. The molecule has 0 aromatic rings. The number of rotatable bonds is 3. The molecule has 2 aliphatic rings. The lowest BCUT2D eigenvalue weighted by molar-refractivity contribution is -0.137. The standard InChI is InChI=1S/C12H20N2O2S/c1-14-11(15)7-9(12(14)16)13-8-5-3-4-6-10(8)17-2/h8-10,13H,3-7H2,1-2H3. The molecule has 1 aliphatic carbocycles. The van der Waals surface area contributed by atoms with Crippen molar-refractivity contribution in [3.63, 3.8) is 0 Å². The van der Waals surface area contributed by atoms with E-state index in [4.69, 9.17) is 0 Å². The number of amides is 2. The molecule has 1 saturated heterocycles. The highest BCUT2D eigenvalue weighted by molar-refractivity contribution is 7.99. The van der Waals surface area contributed by atoms with E-state index in [1.165, 1.54) is 24.2 Å². The van der Waals surface area contributed by atoms with Crippen LogP contribution in [0.4, 0.5) is 0 Å². The van der Waals surface area contributed by atoms with Crippen LogP contribution in [0.2, 0.25) is 0 Å². The maximum absolute atomic E-state index is 11.8. The zero-order valence-corrected chi connectivity index (χ0v) is 11.3. The van der Waals surface area contributed by atoms with E-state index in [0.717, 1.165) is 6.42 Å². The predicted molar refractivity (Wildman–Crippen MR) is 68.9 cm³/mol. The average Bonchev–Trinajstić information content (AvgIpc) is 2.58. The lowest BCUT2D eigenvalue weighted by Gasteiger charge is -2.32. The summed E-state index contributed by atoms with van der Waals surface area (Å²) < 4.78 is 0. The molecule has 1 aliphatic heterocycles. The lowest BCUT2D eigenvalue weighted by Crippen LogP contribution is -2.48. The van der Waals surface area contributed by atoms with Gasteiger partial charge < -0.3 is 5.32 Å². The molecule has 0 bridgehead atoms. The van der Waals surface area contributed by atoms with Gasteiger partial charge in [0.05, 0.1) is 12.5 Å². The molecule has 2 amide bonds. The third kappa shape index (κ3) is 2.65. The van der Waals surface area contributed by atoms with Crippen LogP contribution in [0.15, 0.2) is 0 Å². The lowest BCUT2D eigenvalue weighted by atomic mass is 9.94. The van der Waals surface area contributed by atoms with E-state index in [1.54, 1.807) is 7.05 Å². The second-order valence-electron chi connectivity index (χ2n) is 4.88. The van der Waals surface area contributed by atoms with E-state index in [1.807, 2.05) is 11.8 Å². The first kappa shape index (κ1) is 12.9. The molecule has 96 valence electrons. The van der Waals surface area contributed by atoms with Crippen molar-refractivity contribution in [1.82, 2.24) is 10.2 Å². The first-order valence-corrected chi connectivity index (χ1v) is 7.51. The van der Waals surface area contributed by atoms with Crippen molar-refractivity contribution in [2.45, 2.75) is 49.4 Å². The van der Waals surface area contributed by atoms with Crippen molar-refractivity contribution in [1.29, 1.82) is 0 Å². The van der Waals surface area contributed by atoms with Gasteiger partial charge in [-0.15, -0.1) is 0 Å². The summed E-state index contributed by atoms with van der Waals surface area (Å²) in [6, 6.07) is 0.0947. The van der Waals surface area contributed by atoms with Gasteiger partial charge in [-0.1, -0.05) is 12.8 Å². The molecule has 1 heterocycles. The summed E-state index contributed by atoms with van der Waals surface area (Å²) in [5.41, 5.74) is 0. The molecule has 1 N–H and O–H groups in total. The normalized spacial score (nSPS) is 34.5. The van der Waals surface area contributed by atoms with Gasteiger partial charge in [0.15, 0.2) is 0 Å². The third-order valence-electron chi connectivity index (χ3n) is 3.80. The summed E-state index contributed by atoms with van der Waals surface area (Å²) in [6.45, 7) is 0. The molecule has 3 unspecified atom stereocenters. The van der Waals surface area contributed by atoms with Crippen LogP contribution in [-0.4, -0.2) is 47.4 Å². The van der Waals surface area contributed by atoms with E-state index in [9.17, 15) is 9.59 Å². The second kappa shape index (κ2) is 5.40. The van der Waals surface area contributed by atoms with Crippen molar-refractivity contribution in [2.75, 3.05) is 13.3 Å². The minimum atomic E-state index is -0.287. The Morgan fingerprint density at radius 1 is 1.29 bits per heavy atom. The van der Waals surface area contributed by atoms with E-state index in [-0.39, 0.29) is 17.9 Å². The number of carbonyl (C=O) groups is 2. The van der Waals surface area contributed by atoms with E-state index in [2.05, 4.69) is 11.6 Å². The molecular weight excluding hydrogens is 236 g/mol. The summed E-state index contributed by atoms with van der Waals surface area (Å²) in [6.07, 6.45) is 7.28. The molecule has 5 heteroatoms. The summed E-state index contributed by atoms with van der Waals surface area (Å²) in [7, 11) is 1.57. The second-order valence-corrected chi connectivity index (χ2v) is 5.96. The summed E-state index contributed by atoms with van der Waals surface area (Å²) >= 11 is 1.87. The first-order chi connectivity index (χ1) is 8.13. The molecule has 4 nitrogen and oxygen atoms in total. The van der Waals surface area contributed by atoms with Crippen LogP contribution in [0, 0.1) is 0 Å². The Morgan fingerprint density at radius 2 is 2.00 bits per heavy atom. The van der Waals surface area contributed by atoms with Crippen LogP contribution in [-0.2, 0) is 9.59 Å². The number of carbonyl (C=O) groups excluding carboxylic acids is 2. The smallest absolute Gasteiger partial charge is 0.246 e. The van der Waals surface area contributed by atoms with Crippen LogP contribution < -0.4 is 5.32 Å². The number of imide groups is 1. The molecule has 0 aromatic carbocycles. The van der Waals surface area contributed by atoms with Crippen molar-refractivity contribution < 1.29 is 9.59 Å². The Labute approximate surface area is 106 Å². The van der Waals surface area contributed by atoms with Crippen molar-refractivity contribution in [3.05, 3.63) is 0 Å². The van der Waals surface area contributed by atoms with Crippen LogP contribution in [0.25, 0.3) is 0 Å². The maximum atomic E-state index is 11.8. The minimum absolute atomic E-state index is 0.0657. The zero-order valence-electron chi connectivity index (χ0n) is 10.4. The molecule has 17 heavy (non-hydrogen) atoms. The fraction of sp³-hybridized carbons (Fsp3) is 0.833. The molecule has 2 fully saturated rings. The van der Waals surface area contributed by atoms with Crippen LogP contribution in [0.1, 0.15) is 32.1 Å². The molecule has 2 rings (SSSR count). The number of nitrogens with zero attached hydrogens (tertiary/aromatic N) is 1. The number of likely N-dealkylation sites (tertiary alicyclic amines) is 1. The Bertz CT molecular complexity index is 322. The van der Waals surface area contributed by atoms with E-state index < -0.39 is 0 Å². The van der Waals surface area contributed by atoms with E-state index >= 15 is 0 Å². The van der Waals surface area contributed by atoms with Crippen molar-refractivity contribution in [2.24, 2.45) is 0 Å². The quantitative estimate of drug-likeness (QED) is 0.766. The number of likely N-dealkylation sites (N-methyl/N-ethyl adjacent to an activating group) is 1. The van der Waals surface area contributed by atoms with Gasteiger partial charge in [0.2, 0.25) is 11.8 Å². The van der Waals surface area contributed by atoms with Gasteiger partial charge in [-0.2, -0.15) is 11.8 Å². The highest BCUT2D eigenvalue weighted by Crippen LogP contribution is 2.28. The molecule has 3 atom stereocenters. The number of thioether (sulfide) groups is 1. The molecule has 1 saturated carbocycles. The number of hydrogen-bond acceptors (Lipinski definition) is 4. The molecule has 0 radical (unpaired) electrons. The van der Waals surface area contributed by atoms with Gasteiger partial charge >= 0.3 is 0 Å². The minimum Gasteiger partial charge on any atom is -0.302 e. The van der Waals surface area contributed by atoms with Crippen LogP contribution in [0.3, 0.4) is 0 Å². The van der Waals surface area contributed by atoms with Gasteiger partial charge in [0, 0.05) is 18.3 Å². The fourth-order valence-corrected chi connectivity index (χ4v) is 3.66. The molecule has 0 aromatic heterocycles. The maximum Gasteiger partial charge on any atom is 0.246 e. The van der Waals surface area contributed by atoms with Crippen LogP contribution in [0.5, 0.6) is 0 Å². The highest BCUT2D eigenvalue weighted by Gasteiger charge is 2.38. The summed E-state index contributed by atoms with van der Waals surface area (Å²) in [4.78, 5) is 24.5. The van der Waals surface area contributed by atoms with Crippen molar-refractivity contribution >= 4 is 23.6 Å². The van der Waals surface area contributed by atoms with Crippen molar-refractivity contribution in [3.8, 4) is 0 Å². The Hall–Kier alpha value is -0.550. The largest absolute Gasteiger partial charge is 0.302 e. The zero-order chi connectivity index (χ0) is 12.4. The monoisotopic (exact) mass is 256 g/mol. The van der Waals surface area contributed by atoms with Gasteiger partial charge in [0.1, 0.15) is 0 Å². The Balaban J connectivity index is 1.96. The van der Waals surface area contributed by atoms with Gasteiger partial charge in [-0.05, 0) is 19.1 Å². The highest BCUT2D eigenvalue weighted by atomic mass is 32.2. The summed E-state index contributed by atoms with van der Waals surface area (Å²) in [5.74, 6) is -0.135. The van der Waals surface area contributed by atoms with Crippen LogP contribution >= 0.6 is 11.8 Å². The Kier molecular flexibility index (Phi) is 4.09. The van der Waals surface area contributed by atoms with Gasteiger partial charge in [0.25, 0.3) is 0 Å². The first-order valence-electron chi connectivity index (χ1n) is 6.22. The molecular formula is C12H20N2O2S. The van der Waals surface area contributed by atoms with Gasteiger partial charge in [-0.25, -0.2) is 0 Å². The average molecular weight is 256 g/mol. The Morgan fingerprint density at radius 3 is 2.59 bits per heavy atom. The van der Waals surface area contributed by atoms with Gasteiger partial charge in [-0.3, -0.25) is 14.5 Å². The number of nitrogens with one attached hydrogen (secondary N) is 1. The SMILES string of the molecule is CSC1CCCCC1NC1CC(=O)N(C)C1=O. The fourth-order valence-electron chi connectivity index (χ4n) is 2.71. The summed E-state index contributed by atoms with van der Waals surface area (Å²) in [5, 5.41) is 3.98. The third-order valence-corrected chi connectivity index (χ3v) is 4.97. The topological polar surface area (TPSA) is 49.4 Å². The predicted octanol–water partition coefficient (Wildman–Crippen LogP) is 1.01. The molecule has 0 spiro atoms.